The van der Waals surface area contributed by atoms with Crippen LogP contribution in [-0.2, 0) is 9.53 Å². The minimum absolute atomic E-state index is 0.112. The Morgan fingerprint density at radius 3 is 2.08 bits per heavy atom. The first-order chi connectivity index (χ1) is 11.3. The van der Waals surface area contributed by atoms with E-state index < -0.39 is 0 Å². The topological polar surface area (TPSA) is 26.3 Å². The Morgan fingerprint density at radius 2 is 1.50 bits per heavy atom. The van der Waals surface area contributed by atoms with E-state index in [0.717, 1.165) is 32.1 Å². The molecule has 0 aromatic heterocycles. The molecule has 0 saturated carbocycles. The fourth-order valence-electron chi connectivity index (χ4n) is 2.36. The second kappa shape index (κ2) is 14.1. The molecule has 0 heterocycles. The molecule has 0 aliphatic carbocycles. The SMILES string of the molecule is CC(C)=CCCC(C)/C=C/CC(=O)OCCC(C)CCC=C(C)C. The van der Waals surface area contributed by atoms with Gasteiger partial charge in [-0.05, 0) is 71.6 Å². The molecule has 0 saturated heterocycles. The molecule has 0 aliphatic heterocycles. The number of hydrogen-bond acceptors (Lipinski definition) is 2. The Bertz CT molecular complexity index is 421. The standard InChI is InChI=1S/C22H38O2/c1-18(2)10-7-12-20(5)14-9-15-22(23)24-17-16-21(6)13-8-11-19(3)4/h9-11,14,20-21H,7-8,12-13,15-17H2,1-6H3/b14-9+. The van der Waals surface area contributed by atoms with E-state index in [1.165, 1.54) is 11.1 Å². The lowest BCUT2D eigenvalue weighted by Gasteiger charge is -2.10. The Morgan fingerprint density at radius 1 is 0.917 bits per heavy atom. The molecule has 2 unspecified atom stereocenters. The lowest BCUT2D eigenvalue weighted by atomic mass is 10.0. The minimum atomic E-state index is -0.112. The third-order valence-corrected chi connectivity index (χ3v) is 4.01. The van der Waals surface area contributed by atoms with Gasteiger partial charge in [0, 0.05) is 0 Å². The molecule has 2 nitrogen and oxygen atoms in total. The van der Waals surface area contributed by atoms with E-state index in [1.807, 2.05) is 6.08 Å². The van der Waals surface area contributed by atoms with Gasteiger partial charge in [-0.3, -0.25) is 4.79 Å². The normalized spacial score (nSPS) is 13.4. The van der Waals surface area contributed by atoms with Gasteiger partial charge >= 0.3 is 5.97 Å². The molecule has 0 radical (unpaired) electrons. The van der Waals surface area contributed by atoms with Crippen molar-refractivity contribution in [2.45, 2.75) is 80.1 Å². The Balaban J connectivity index is 3.76. The van der Waals surface area contributed by atoms with Crippen LogP contribution in [0.1, 0.15) is 80.1 Å². The summed E-state index contributed by atoms with van der Waals surface area (Å²) in [6, 6.07) is 0. The molecule has 0 aromatic rings. The molecule has 24 heavy (non-hydrogen) atoms. The lowest BCUT2D eigenvalue weighted by molar-refractivity contribution is -0.142. The highest BCUT2D eigenvalue weighted by Crippen LogP contribution is 2.12. The molecule has 0 aromatic carbocycles. The predicted octanol–water partition coefficient (Wildman–Crippen LogP) is 6.63. The molecule has 0 aliphatic rings. The smallest absolute Gasteiger partial charge is 0.309 e. The maximum atomic E-state index is 11.7. The van der Waals surface area contributed by atoms with Gasteiger partial charge in [0.2, 0.25) is 0 Å². The number of rotatable bonds is 12. The fourth-order valence-corrected chi connectivity index (χ4v) is 2.36. The van der Waals surface area contributed by atoms with Gasteiger partial charge in [0.1, 0.15) is 0 Å². The second-order valence-electron chi connectivity index (χ2n) is 7.44. The lowest BCUT2D eigenvalue weighted by Crippen LogP contribution is -2.07. The van der Waals surface area contributed by atoms with E-state index in [-0.39, 0.29) is 5.97 Å². The number of hydrogen-bond donors (Lipinski definition) is 0. The predicted molar refractivity (Wildman–Crippen MR) is 105 cm³/mol. The van der Waals surface area contributed by atoms with E-state index in [0.29, 0.717) is 24.9 Å². The molecule has 138 valence electrons. The number of esters is 1. The van der Waals surface area contributed by atoms with Crippen molar-refractivity contribution >= 4 is 5.97 Å². The number of carbonyl (C=O) groups excluding carboxylic acids is 1. The van der Waals surface area contributed by atoms with Gasteiger partial charge in [-0.1, -0.05) is 49.3 Å². The van der Waals surface area contributed by atoms with Crippen LogP contribution in [-0.4, -0.2) is 12.6 Å². The van der Waals surface area contributed by atoms with Crippen LogP contribution in [0.25, 0.3) is 0 Å². The Kier molecular flexibility index (Phi) is 13.3. The number of allylic oxidation sites excluding steroid dienone is 5. The summed E-state index contributed by atoms with van der Waals surface area (Å²) in [5.41, 5.74) is 2.74. The largest absolute Gasteiger partial charge is 0.465 e. The summed E-state index contributed by atoms with van der Waals surface area (Å²) < 4.78 is 5.32. The molecule has 2 atom stereocenters. The van der Waals surface area contributed by atoms with Crippen LogP contribution in [0.15, 0.2) is 35.5 Å². The first-order valence-corrected chi connectivity index (χ1v) is 9.40. The molecular weight excluding hydrogens is 296 g/mol. The van der Waals surface area contributed by atoms with Crippen molar-refractivity contribution in [3.63, 3.8) is 0 Å². The van der Waals surface area contributed by atoms with Crippen molar-refractivity contribution in [3.8, 4) is 0 Å². The third kappa shape index (κ3) is 15.6. The summed E-state index contributed by atoms with van der Waals surface area (Å²) in [7, 11) is 0. The van der Waals surface area contributed by atoms with Crippen molar-refractivity contribution < 1.29 is 9.53 Å². The minimum Gasteiger partial charge on any atom is -0.465 e. The van der Waals surface area contributed by atoms with E-state index >= 15 is 0 Å². The Labute approximate surface area is 150 Å². The first-order valence-electron chi connectivity index (χ1n) is 9.40. The van der Waals surface area contributed by atoms with Gasteiger partial charge in [0.25, 0.3) is 0 Å². The maximum Gasteiger partial charge on any atom is 0.309 e. The fraction of sp³-hybridized carbons (Fsp3) is 0.682. The maximum absolute atomic E-state index is 11.7. The van der Waals surface area contributed by atoms with Crippen LogP contribution >= 0.6 is 0 Å². The average Bonchev–Trinajstić information content (AvgIpc) is 2.46. The van der Waals surface area contributed by atoms with Gasteiger partial charge in [-0.15, -0.1) is 0 Å². The van der Waals surface area contributed by atoms with E-state index in [2.05, 4.69) is 59.8 Å². The van der Waals surface area contributed by atoms with Crippen molar-refractivity contribution in [2.24, 2.45) is 11.8 Å². The van der Waals surface area contributed by atoms with Gasteiger partial charge in [0.05, 0.1) is 13.0 Å². The highest BCUT2D eigenvalue weighted by Gasteiger charge is 2.05. The molecule has 0 bridgehead atoms. The molecule has 0 spiro atoms. The molecule has 0 N–H and O–H groups in total. The van der Waals surface area contributed by atoms with Gasteiger partial charge < -0.3 is 4.74 Å². The average molecular weight is 335 g/mol. The first kappa shape index (κ1) is 22.7. The van der Waals surface area contributed by atoms with Crippen LogP contribution in [0.2, 0.25) is 0 Å². The van der Waals surface area contributed by atoms with Crippen LogP contribution < -0.4 is 0 Å². The van der Waals surface area contributed by atoms with Gasteiger partial charge in [-0.2, -0.15) is 0 Å². The van der Waals surface area contributed by atoms with E-state index in [4.69, 9.17) is 4.74 Å². The Hall–Kier alpha value is -1.31. The highest BCUT2D eigenvalue weighted by atomic mass is 16.5. The zero-order valence-electron chi connectivity index (χ0n) is 16.7. The zero-order chi connectivity index (χ0) is 18.4. The van der Waals surface area contributed by atoms with Crippen molar-refractivity contribution in [1.29, 1.82) is 0 Å². The second-order valence-corrected chi connectivity index (χ2v) is 7.44. The summed E-state index contributed by atoms with van der Waals surface area (Å²) in [6.45, 7) is 13.5. The van der Waals surface area contributed by atoms with Gasteiger partial charge in [0.15, 0.2) is 0 Å². The summed E-state index contributed by atoms with van der Waals surface area (Å²) in [5.74, 6) is 0.988. The zero-order valence-corrected chi connectivity index (χ0v) is 16.7. The van der Waals surface area contributed by atoms with Crippen LogP contribution in [0, 0.1) is 11.8 Å². The van der Waals surface area contributed by atoms with Crippen molar-refractivity contribution in [2.75, 3.05) is 6.61 Å². The molecule has 0 amide bonds. The third-order valence-electron chi connectivity index (χ3n) is 4.01. The van der Waals surface area contributed by atoms with Crippen LogP contribution in [0.3, 0.4) is 0 Å². The van der Waals surface area contributed by atoms with Gasteiger partial charge in [-0.25, -0.2) is 0 Å². The summed E-state index contributed by atoms with van der Waals surface area (Å²) in [4.78, 5) is 11.7. The quantitative estimate of drug-likeness (QED) is 0.296. The highest BCUT2D eigenvalue weighted by molar-refractivity contribution is 5.71. The number of ether oxygens (including phenoxy) is 1. The van der Waals surface area contributed by atoms with E-state index in [9.17, 15) is 4.79 Å². The molecular formula is C22H38O2. The molecule has 0 fully saturated rings. The summed E-state index contributed by atoms with van der Waals surface area (Å²) in [6.07, 6.45) is 14.4. The van der Waals surface area contributed by atoms with E-state index in [1.54, 1.807) is 0 Å². The van der Waals surface area contributed by atoms with Crippen LogP contribution in [0.4, 0.5) is 0 Å². The summed E-state index contributed by atoms with van der Waals surface area (Å²) in [5, 5.41) is 0. The molecule has 0 rings (SSSR count). The van der Waals surface area contributed by atoms with Crippen molar-refractivity contribution in [1.82, 2.24) is 0 Å². The monoisotopic (exact) mass is 334 g/mol. The van der Waals surface area contributed by atoms with Crippen LogP contribution in [0.5, 0.6) is 0 Å². The number of carbonyl (C=O) groups is 1. The molecule has 2 heteroatoms. The summed E-state index contributed by atoms with van der Waals surface area (Å²) >= 11 is 0. The van der Waals surface area contributed by atoms with Crippen molar-refractivity contribution in [3.05, 3.63) is 35.5 Å².